The average Bonchev–Trinajstić information content (AvgIpc) is 3.05. The van der Waals surface area contributed by atoms with Crippen molar-refractivity contribution in [3.63, 3.8) is 0 Å². The van der Waals surface area contributed by atoms with Crippen LogP contribution in [0.15, 0.2) is 57.7 Å². The maximum absolute atomic E-state index is 12.6. The van der Waals surface area contributed by atoms with Crippen molar-refractivity contribution >= 4 is 44.0 Å². The molecule has 1 N–H and O–H groups in total. The summed E-state index contributed by atoms with van der Waals surface area (Å²) in [4.78, 5) is 25.3. The maximum atomic E-state index is 12.6. The number of para-hydroxylation sites is 1. The van der Waals surface area contributed by atoms with E-state index in [0.717, 1.165) is 21.3 Å². The van der Waals surface area contributed by atoms with Gasteiger partial charge in [-0.1, -0.05) is 18.2 Å². The van der Waals surface area contributed by atoms with Gasteiger partial charge in [0.1, 0.15) is 5.58 Å². The molecule has 0 radical (unpaired) electrons. The molecule has 0 saturated heterocycles. The number of carbonyl (C=O) groups excluding carboxylic acids is 1. The van der Waals surface area contributed by atoms with E-state index in [1.165, 1.54) is 16.9 Å². The van der Waals surface area contributed by atoms with E-state index in [-0.39, 0.29) is 5.91 Å². The summed E-state index contributed by atoms with van der Waals surface area (Å²) in [5, 5.41) is 4.17. The second-order valence-electron chi connectivity index (χ2n) is 5.99. The second-order valence-corrected chi connectivity index (χ2v) is 7.04. The van der Waals surface area contributed by atoms with Crippen LogP contribution in [0.1, 0.15) is 20.8 Å². The van der Waals surface area contributed by atoms with E-state index < -0.39 is 5.63 Å². The molecule has 0 atom stereocenters. The van der Waals surface area contributed by atoms with Crippen molar-refractivity contribution in [1.82, 2.24) is 0 Å². The first-order valence-electron chi connectivity index (χ1n) is 7.87. The summed E-state index contributed by atoms with van der Waals surface area (Å²) in [6.45, 7) is 4.03. The van der Waals surface area contributed by atoms with E-state index in [9.17, 15) is 9.59 Å². The normalized spacial score (nSPS) is 11.1. The quantitative estimate of drug-likeness (QED) is 0.525. The van der Waals surface area contributed by atoms with Crippen LogP contribution in [0.2, 0.25) is 0 Å². The third-order valence-electron chi connectivity index (χ3n) is 4.27. The number of fused-ring (bicyclic) bond motifs is 3. The summed E-state index contributed by atoms with van der Waals surface area (Å²) in [6, 6.07) is 14.7. The molecule has 2 aromatic carbocycles. The zero-order valence-electron chi connectivity index (χ0n) is 13.8. The van der Waals surface area contributed by atoms with Crippen LogP contribution in [0.5, 0.6) is 0 Å². The first-order valence-corrected chi connectivity index (χ1v) is 8.68. The van der Waals surface area contributed by atoms with Crippen LogP contribution in [-0.4, -0.2) is 5.91 Å². The Balaban J connectivity index is 1.77. The van der Waals surface area contributed by atoms with E-state index in [2.05, 4.69) is 5.32 Å². The van der Waals surface area contributed by atoms with Gasteiger partial charge in [-0.15, -0.1) is 11.3 Å². The van der Waals surface area contributed by atoms with Gasteiger partial charge in [0.25, 0.3) is 5.91 Å². The van der Waals surface area contributed by atoms with Gasteiger partial charge in [-0.05, 0) is 55.3 Å². The molecule has 4 nitrogen and oxygen atoms in total. The summed E-state index contributed by atoms with van der Waals surface area (Å²) in [6.07, 6.45) is 0. The molecule has 5 heteroatoms. The third-order valence-corrected chi connectivity index (χ3v) is 5.44. The van der Waals surface area contributed by atoms with Crippen molar-refractivity contribution in [1.29, 1.82) is 0 Å². The number of rotatable bonds is 2. The highest BCUT2D eigenvalue weighted by molar-refractivity contribution is 7.21. The number of aryl methyl sites for hydroxylation is 2. The molecule has 1 amide bonds. The van der Waals surface area contributed by atoms with Gasteiger partial charge in [-0.3, -0.25) is 4.79 Å². The molecule has 0 fully saturated rings. The molecule has 25 heavy (non-hydrogen) atoms. The summed E-state index contributed by atoms with van der Waals surface area (Å²) >= 11 is 1.30. The molecule has 2 heterocycles. The molecular weight excluding hydrogens is 334 g/mol. The van der Waals surface area contributed by atoms with Crippen molar-refractivity contribution in [2.45, 2.75) is 13.8 Å². The minimum absolute atomic E-state index is 0.229. The largest absolute Gasteiger partial charge is 0.422 e. The first kappa shape index (κ1) is 15.6. The SMILES string of the molecule is Cc1ccc(NC(=O)c2cc3c(=O)oc4ccccc4c3s2)cc1C. The van der Waals surface area contributed by atoms with Crippen LogP contribution < -0.4 is 10.9 Å². The van der Waals surface area contributed by atoms with Gasteiger partial charge in [0.2, 0.25) is 0 Å². The van der Waals surface area contributed by atoms with Crippen LogP contribution in [0.4, 0.5) is 5.69 Å². The lowest BCUT2D eigenvalue weighted by molar-refractivity contribution is 0.103. The summed E-state index contributed by atoms with van der Waals surface area (Å²) in [5.41, 5.74) is 3.13. The van der Waals surface area contributed by atoms with E-state index in [0.29, 0.717) is 15.8 Å². The van der Waals surface area contributed by atoms with E-state index in [1.54, 1.807) is 12.1 Å². The zero-order valence-corrected chi connectivity index (χ0v) is 14.6. The molecule has 124 valence electrons. The molecule has 4 rings (SSSR count). The lowest BCUT2D eigenvalue weighted by Crippen LogP contribution is -2.10. The van der Waals surface area contributed by atoms with Crippen molar-refractivity contribution in [2.75, 3.05) is 5.32 Å². The number of thiophene rings is 1. The second kappa shape index (κ2) is 5.86. The molecule has 0 aliphatic heterocycles. The third kappa shape index (κ3) is 2.72. The molecule has 4 aromatic rings. The molecular formula is C20H15NO3S. The van der Waals surface area contributed by atoms with E-state index in [1.807, 2.05) is 50.2 Å². The average molecular weight is 349 g/mol. The molecule has 0 aliphatic rings. The number of hydrogen-bond acceptors (Lipinski definition) is 4. The molecule has 0 spiro atoms. The Bertz CT molecular complexity index is 1190. The highest BCUT2D eigenvalue weighted by Gasteiger charge is 2.16. The van der Waals surface area contributed by atoms with Gasteiger partial charge in [-0.25, -0.2) is 4.79 Å². The Labute approximate surface area is 147 Å². The van der Waals surface area contributed by atoms with Crippen molar-refractivity contribution in [3.8, 4) is 0 Å². The lowest BCUT2D eigenvalue weighted by atomic mass is 10.1. The summed E-state index contributed by atoms with van der Waals surface area (Å²) in [5.74, 6) is -0.229. The predicted octanol–water partition coefficient (Wildman–Crippen LogP) is 4.88. The Morgan fingerprint density at radius 1 is 1.00 bits per heavy atom. The number of nitrogens with one attached hydrogen (secondary N) is 1. The minimum atomic E-state index is -0.421. The Morgan fingerprint density at radius 3 is 2.60 bits per heavy atom. The van der Waals surface area contributed by atoms with Crippen LogP contribution in [0.3, 0.4) is 0 Å². The highest BCUT2D eigenvalue weighted by atomic mass is 32.1. The summed E-state index contributed by atoms with van der Waals surface area (Å²) < 4.78 is 6.11. The standard InChI is InChI=1S/C20H15NO3S/c1-11-7-8-13(9-12(11)2)21-19(22)17-10-15-18(25-17)14-5-3-4-6-16(14)24-20(15)23/h3-10H,1-2H3,(H,21,22). The van der Waals surface area contributed by atoms with Crippen LogP contribution in [0.25, 0.3) is 21.1 Å². The fourth-order valence-corrected chi connectivity index (χ4v) is 3.84. The molecule has 2 aromatic heterocycles. The Kier molecular flexibility index (Phi) is 3.66. The number of amides is 1. The van der Waals surface area contributed by atoms with Gasteiger partial charge >= 0.3 is 5.63 Å². The van der Waals surface area contributed by atoms with Crippen LogP contribution >= 0.6 is 11.3 Å². The van der Waals surface area contributed by atoms with Gasteiger partial charge in [0, 0.05) is 11.1 Å². The Hall–Kier alpha value is -2.92. The zero-order chi connectivity index (χ0) is 17.6. The Morgan fingerprint density at radius 2 is 1.80 bits per heavy atom. The van der Waals surface area contributed by atoms with Gasteiger partial charge < -0.3 is 9.73 Å². The highest BCUT2D eigenvalue weighted by Crippen LogP contribution is 2.30. The van der Waals surface area contributed by atoms with Gasteiger partial charge in [0.15, 0.2) is 0 Å². The van der Waals surface area contributed by atoms with Crippen molar-refractivity contribution < 1.29 is 9.21 Å². The molecule has 0 saturated carbocycles. The molecule has 0 aliphatic carbocycles. The van der Waals surface area contributed by atoms with Crippen LogP contribution in [0, 0.1) is 13.8 Å². The molecule has 0 bridgehead atoms. The minimum Gasteiger partial charge on any atom is -0.422 e. The monoisotopic (exact) mass is 349 g/mol. The fourth-order valence-electron chi connectivity index (χ4n) is 2.76. The fraction of sp³-hybridized carbons (Fsp3) is 0.100. The smallest absolute Gasteiger partial charge is 0.345 e. The van der Waals surface area contributed by atoms with E-state index in [4.69, 9.17) is 4.42 Å². The number of benzene rings is 2. The predicted molar refractivity (Wildman–Crippen MR) is 102 cm³/mol. The molecule has 0 unspecified atom stereocenters. The van der Waals surface area contributed by atoms with Crippen molar-refractivity contribution in [2.24, 2.45) is 0 Å². The van der Waals surface area contributed by atoms with E-state index >= 15 is 0 Å². The van der Waals surface area contributed by atoms with Gasteiger partial charge in [-0.2, -0.15) is 0 Å². The maximum Gasteiger partial charge on any atom is 0.345 e. The lowest BCUT2D eigenvalue weighted by Gasteiger charge is -2.06. The number of carbonyl (C=O) groups is 1. The number of hydrogen-bond donors (Lipinski definition) is 1. The first-order chi connectivity index (χ1) is 12.0. The number of anilines is 1. The van der Waals surface area contributed by atoms with Crippen LogP contribution in [-0.2, 0) is 0 Å². The summed E-state index contributed by atoms with van der Waals surface area (Å²) in [7, 11) is 0. The topological polar surface area (TPSA) is 59.3 Å². The van der Waals surface area contributed by atoms with Crippen molar-refractivity contribution in [3.05, 3.63) is 75.0 Å². The van der Waals surface area contributed by atoms with Gasteiger partial charge in [0.05, 0.1) is 15.0 Å².